The number of nitrogens with zero attached hydrogens (tertiary/aromatic N) is 2. The second kappa shape index (κ2) is 14.6. The number of benzene rings is 3. The number of amides is 3. The van der Waals surface area contributed by atoms with Crippen LogP contribution in [0.4, 0.5) is 5.69 Å². The summed E-state index contributed by atoms with van der Waals surface area (Å²) in [6.45, 7) is 3.46. The SMILES string of the molecule is O=C(CNC(=O)c1ccc(S(=O)(=O)N(C(=O)c2ccccc2)c2ccccc2)cc1)NC1CCC(CCN2CCCC2)CC1. The second-order valence-electron chi connectivity index (χ2n) is 11.6. The maximum absolute atomic E-state index is 13.7. The van der Waals surface area contributed by atoms with Gasteiger partial charge in [-0.05, 0) is 119 Å². The molecule has 2 aliphatic rings. The van der Waals surface area contributed by atoms with Crippen molar-refractivity contribution in [2.75, 3.05) is 30.5 Å². The van der Waals surface area contributed by atoms with E-state index < -0.39 is 21.8 Å². The van der Waals surface area contributed by atoms with E-state index in [-0.39, 0.29) is 40.2 Å². The Kier molecular flexibility index (Phi) is 10.4. The van der Waals surface area contributed by atoms with Crippen LogP contribution in [0.15, 0.2) is 89.8 Å². The van der Waals surface area contributed by atoms with E-state index in [2.05, 4.69) is 15.5 Å². The van der Waals surface area contributed by atoms with Gasteiger partial charge in [-0.25, -0.2) is 8.42 Å². The molecule has 1 saturated heterocycles. The Balaban J connectivity index is 1.14. The van der Waals surface area contributed by atoms with Gasteiger partial charge in [-0.3, -0.25) is 14.4 Å². The number of likely N-dealkylation sites (tertiary alicyclic amines) is 1. The van der Waals surface area contributed by atoms with Crippen LogP contribution in [0.2, 0.25) is 0 Å². The van der Waals surface area contributed by atoms with Gasteiger partial charge in [0.2, 0.25) is 5.91 Å². The van der Waals surface area contributed by atoms with Gasteiger partial charge in [-0.15, -0.1) is 0 Å². The standard InChI is InChI=1S/C34H40N4O5S/c39-32(36-29-17-13-26(14-18-29)21-24-37-22-7-8-23-37)25-35-33(40)27-15-19-31(20-16-27)44(42,43)38(30-11-5-2-6-12-30)34(41)28-9-3-1-4-10-28/h1-6,9-12,15-16,19-20,26,29H,7-8,13-14,17-18,21-25H2,(H,35,40)(H,36,39). The molecular weight excluding hydrogens is 576 g/mol. The van der Waals surface area contributed by atoms with Crippen molar-refractivity contribution in [2.45, 2.75) is 55.9 Å². The van der Waals surface area contributed by atoms with E-state index in [0.29, 0.717) is 5.92 Å². The molecule has 3 aromatic carbocycles. The molecule has 3 amide bonds. The predicted octanol–water partition coefficient (Wildman–Crippen LogP) is 4.61. The van der Waals surface area contributed by atoms with Crippen LogP contribution in [0.25, 0.3) is 0 Å². The fraction of sp³-hybridized carbons (Fsp3) is 0.382. The molecule has 5 rings (SSSR count). The molecule has 10 heteroatoms. The van der Waals surface area contributed by atoms with Crippen LogP contribution >= 0.6 is 0 Å². The van der Waals surface area contributed by atoms with Crippen molar-refractivity contribution >= 4 is 33.4 Å². The highest BCUT2D eigenvalue weighted by molar-refractivity contribution is 7.93. The van der Waals surface area contributed by atoms with Crippen molar-refractivity contribution in [1.29, 1.82) is 0 Å². The van der Waals surface area contributed by atoms with Crippen molar-refractivity contribution in [3.63, 3.8) is 0 Å². The predicted molar refractivity (Wildman–Crippen MR) is 170 cm³/mol. The number of para-hydroxylation sites is 1. The van der Waals surface area contributed by atoms with Crippen LogP contribution in [-0.2, 0) is 14.8 Å². The topological polar surface area (TPSA) is 116 Å². The third kappa shape index (κ3) is 7.92. The zero-order chi connectivity index (χ0) is 30.9. The largest absolute Gasteiger partial charge is 0.352 e. The molecule has 44 heavy (non-hydrogen) atoms. The monoisotopic (exact) mass is 616 g/mol. The molecule has 0 aromatic heterocycles. The Hall–Kier alpha value is -4.02. The van der Waals surface area contributed by atoms with E-state index >= 15 is 0 Å². The van der Waals surface area contributed by atoms with E-state index in [0.717, 1.165) is 30.0 Å². The molecule has 0 bridgehead atoms. The number of anilines is 1. The number of hydrogen-bond acceptors (Lipinski definition) is 6. The van der Waals surface area contributed by atoms with Gasteiger partial charge in [0.15, 0.2) is 0 Å². The summed E-state index contributed by atoms with van der Waals surface area (Å²) in [5.74, 6) is -0.711. The van der Waals surface area contributed by atoms with Crippen molar-refractivity contribution in [2.24, 2.45) is 5.92 Å². The molecule has 2 fully saturated rings. The number of nitrogens with one attached hydrogen (secondary N) is 2. The molecule has 0 spiro atoms. The first-order valence-electron chi connectivity index (χ1n) is 15.4. The molecule has 2 N–H and O–H groups in total. The van der Waals surface area contributed by atoms with Crippen LogP contribution < -0.4 is 14.9 Å². The van der Waals surface area contributed by atoms with E-state index in [1.54, 1.807) is 60.7 Å². The smallest absolute Gasteiger partial charge is 0.272 e. The van der Waals surface area contributed by atoms with Crippen molar-refractivity contribution in [1.82, 2.24) is 15.5 Å². The van der Waals surface area contributed by atoms with Crippen molar-refractivity contribution < 1.29 is 22.8 Å². The highest BCUT2D eigenvalue weighted by atomic mass is 32.2. The first-order chi connectivity index (χ1) is 21.3. The number of hydrogen-bond donors (Lipinski definition) is 2. The molecule has 9 nitrogen and oxygen atoms in total. The summed E-state index contributed by atoms with van der Waals surface area (Å²) in [7, 11) is -4.31. The number of carbonyl (C=O) groups excluding carboxylic acids is 3. The Bertz CT molecular complexity index is 1520. The summed E-state index contributed by atoms with van der Waals surface area (Å²) in [6, 6.07) is 21.8. The summed E-state index contributed by atoms with van der Waals surface area (Å²) < 4.78 is 28.2. The molecule has 1 aliphatic heterocycles. The van der Waals surface area contributed by atoms with Crippen molar-refractivity contribution in [3.8, 4) is 0 Å². The van der Waals surface area contributed by atoms with Gasteiger partial charge in [0.05, 0.1) is 17.1 Å². The molecule has 0 radical (unpaired) electrons. The van der Waals surface area contributed by atoms with E-state index in [1.807, 2.05) is 0 Å². The van der Waals surface area contributed by atoms with Gasteiger partial charge in [0.1, 0.15) is 0 Å². The first-order valence-corrected chi connectivity index (χ1v) is 16.8. The number of rotatable bonds is 11. The molecule has 0 atom stereocenters. The molecular formula is C34H40N4O5S. The van der Waals surface area contributed by atoms with E-state index in [9.17, 15) is 22.8 Å². The van der Waals surface area contributed by atoms with Crippen LogP contribution in [0.3, 0.4) is 0 Å². The lowest BCUT2D eigenvalue weighted by Crippen LogP contribution is -2.43. The average Bonchev–Trinajstić information content (AvgIpc) is 3.58. The third-order valence-corrected chi connectivity index (χ3v) is 10.2. The van der Waals surface area contributed by atoms with E-state index in [4.69, 9.17) is 0 Å². The minimum absolute atomic E-state index is 0.123. The molecule has 1 heterocycles. The molecule has 1 saturated carbocycles. The van der Waals surface area contributed by atoms with Crippen LogP contribution in [0.5, 0.6) is 0 Å². The normalized spacial score (nSPS) is 18.8. The van der Waals surface area contributed by atoms with Crippen LogP contribution in [0.1, 0.15) is 65.7 Å². The van der Waals surface area contributed by atoms with Gasteiger partial charge in [0, 0.05) is 17.2 Å². The van der Waals surface area contributed by atoms with Gasteiger partial charge in [-0.2, -0.15) is 4.31 Å². The van der Waals surface area contributed by atoms with Gasteiger partial charge < -0.3 is 15.5 Å². The molecule has 3 aromatic rings. The fourth-order valence-electron chi connectivity index (χ4n) is 6.02. The number of sulfonamides is 1. The van der Waals surface area contributed by atoms with Crippen LogP contribution in [0, 0.1) is 5.92 Å². The molecule has 232 valence electrons. The summed E-state index contributed by atoms with van der Waals surface area (Å²) in [5, 5.41) is 5.67. The molecule has 0 unspecified atom stereocenters. The first kappa shape index (κ1) is 31.4. The summed E-state index contributed by atoms with van der Waals surface area (Å²) in [6.07, 6.45) is 7.98. The Morgan fingerprint density at radius 3 is 2.02 bits per heavy atom. The maximum atomic E-state index is 13.7. The Morgan fingerprint density at radius 1 is 0.773 bits per heavy atom. The van der Waals surface area contributed by atoms with Gasteiger partial charge in [-0.1, -0.05) is 36.4 Å². The summed E-state index contributed by atoms with van der Waals surface area (Å²) in [5.41, 5.74) is 0.625. The Labute approximate surface area is 259 Å². The minimum atomic E-state index is -4.31. The lowest BCUT2D eigenvalue weighted by molar-refractivity contribution is -0.121. The van der Waals surface area contributed by atoms with Crippen molar-refractivity contribution in [3.05, 3.63) is 96.1 Å². The lowest BCUT2D eigenvalue weighted by Gasteiger charge is -2.30. The summed E-state index contributed by atoms with van der Waals surface area (Å²) in [4.78, 5) is 41.1. The highest BCUT2D eigenvalue weighted by Gasteiger charge is 2.32. The fourth-order valence-corrected chi connectivity index (χ4v) is 7.43. The average molecular weight is 617 g/mol. The maximum Gasteiger partial charge on any atom is 0.272 e. The minimum Gasteiger partial charge on any atom is -0.352 e. The molecule has 1 aliphatic carbocycles. The Morgan fingerprint density at radius 2 is 1.39 bits per heavy atom. The highest BCUT2D eigenvalue weighted by Crippen LogP contribution is 2.28. The zero-order valence-corrected chi connectivity index (χ0v) is 25.7. The quantitative estimate of drug-likeness (QED) is 0.325. The third-order valence-electron chi connectivity index (χ3n) is 8.52. The zero-order valence-electron chi connectivity index (χ0n) is 24.9. The lowest BCUT2D eigenvalue weighted by atomic mass is 9.84. The van der Waals surface area contributed by atoms with Gasteiger partial charge >= 0.3 is 0 Å². The van der Waals surface area contributed by atoms with E-state index in [1.165, 1.54) is 63.2 Å². The second-order valence-corrected chi connectivity index (χ2v) is 13.4. The van der Waals surface area contributed by atoms with Crippen LogP contribution in [-0.4, -0.2) is 63.3 Å². The number of carbonyl (C=O) groups is 3. The summed E-state index contributed by atoms with van der Waals surface area (Å²) >= 11 is 0. The van der Waals surface area contributed by atoms with Gasteiger partial charge in [0.25, 0.3) is 21.8 Å².